The van der Waals surface area contributed by atoms with Gasteiger partial charge in [0, 0.05) is 31.7 Å². The lowest BCUT2D eigenvalue weighted by molar-refractivity contribution is 0.0376. The van der Waals surface area contributed by atoms with Crippen LogP contribution in [0.3, 0.4) is 0 Å². The molecule has 1 amide bonds. The number of rotatable bonds is 6. The van der Waals surface area contributed by atoms with Crippen molar-refractivity contribution in [1.29, 1.82) is 0 Å². The summed E-state index contributed by atoms with van der Waals surface area (Å²) in [4.78, 5) is 22.6. The van der Waals surface area contributed by atoms with E-state index in [9.17, 15) is 4.79 Å². The molecule has 0 N–H and O–H groups in total. The number of ether oxygens (including phenoxy) is 1. The number of hydrogen-bond donors (Lipinski definition) is 0. The highest BCUT2D eigenvalue weighted by Gasteiger charge is 2.23. The predicted octanol–water partition coefficient (Wildman–Crippen LogP) is 4.70. The third-order valence-electron chi connectivity index (χ3n) is 5.34. The molecule has 0 bridgehead atoms. The van der Waals surface area contributed by atoms with Crippen LogP contribution in [0.1, 0.15) is 27.9 Å². The summed E-state index contributed by atoms with van der Waals surface area (Å²) < 4.78 is 6.54. The first-order valence-corrected chi connectivity index (χ1v) is 11.0. The number of halogens is 1. The standard InChI is InChI=1S/C23H27N3O2S.ClH/c1-17-8-9-18(2)19(16-17)22(27)26(11-5-10-25-12-14-28-15-13-25)23-24-20-6-3-4-7-21(20)29-23;/h3-4,6-9,16H,5,10-15H2,1-2H3;1H. The van der Waals surface area contributed by atoms with Crippen molar-refractivity contribution in [2.24, 2.45) is 0 Å². The first-order chi connectivity index (χ1) is 14.1. The van der Waals surface area contributed by atoms with Gasteiger partial charge >= 0.3 is 0 Å². The summed E-state index contributed by atoms with van der Waals surface area (Å²) in [7, 11) is 0. The van der Waals surface area contributed by atoms with E-state index in [1.807, 2.05) is 55.1 Å². The van der Waals surface area contributed by atoms with Crippen molar-refractivity contribution in [2.45, 2.75) is 20.3 Å². The minimum atomic E-state index is 0. The third kappa shape index (κ3) is 5.19. The van der Waals surface area contributed by atoms with Gasteiger partial charge in [-0.1, -0.05) is 41.2 Å². The minimum Gasteiger partial charge on any atom is -0.379 e. The number of aryl methyl sites for hydroxylation is 2. The zero-order valence-corrected chi connectivity index (χ0v) is 19.1. The molecule has 5 nitrogen and oxygen atoms in total. The number of fused-ring (bicyclic) bond motifs is 1. The smallest absolute Gasteiger partial charge is 0.260 e. The van der Waals surface area contributed by atoms with Gasteiger partial charge in [0.25, 0.3) is 5.91 Å². The number of hydrogen-bond acceptors (Lipinski definition) is 5. The fourth-order valence-corrected chi connectivity index (χ4v) is 4.64. The molecule has 4 rings (SSSR count). The average molecular weight is 446 g/mol. The summed E-state index contributed by atoms with van der Waals surface area (Å²) in [5.41, 5.74) is 3.80. The van der Waals surface area contributed by atoms with Crippen molar-refractivity contribution in [3.63, 3.8) is 0 Å². The van der Waals surface area contributed by atoms with Crippen molar-refractivity contribution in [2.75, 3.05) is 44.3 Å². The maximum atomic E-state index is 13.5. The van der Waals surface area contributed by atoms with Crippen molar-refractivity contribution in [3.8, 4) is 0 Å². The maximum Gasteiger partial charge on any atom is 0.260 e. The van der Waals surface area contributed by atoms with E-state index in [1.54, 1.807) is 11.3 Å². The molecule has 0 unspecified atom stereocenters. The number of anilines is 1. The molecule has 0 saturated carbocycles. The Kier molecular flexibility index (Phi) is 7.83. The molecule has 0 radical (unpaired) electrons. The molecule has 1 saturated heterocycles. The van der Waals surface area contributed by atoms with Crippen LogP contribution >= 0.6 is 23.7 Å². The van der Waals surface area contributed by atoms with E-state index < -0.39 is 0 Å². The van der Waals surface area contributed by atoms with E-state index in [0.29, 0.717) is 6.54 Å². The second-order valence-electron chi connectivity index (χ2n) is 7.55. The van der Waals surface area contributed by atoms with E-state index in [4.69, 9.17) is 9.72 Å². The Morgan fingerprint density at radius 1 is 1.17 bits per heavy atom. The fraction of sp³-hybridized carbons (Fsp3) is 0.391. The summed E-state index contributed by atoms with van der Waals surface area (Å²) in [6.07, 6.45) is 0.909. The molecule has 0 spiro atoms. The van der Waals surface area contributed by atoms with Crippen molar-refractivity contribution >= 4 is 45.0 Å². The Bertz CT molecular complexity index is 968. The summed E-state index contributed by atoms with van der Waals surface area (Å²) >= 11 is 1.58. The topological polar surface area (TPSA) is 45.7 Å². The number of para-hydroxylation sites is 1. The van der Waals surface area contributed by atoms with E-state index >= 15 is 0 Å². The summed E-state index contributed by atoms with van der Waals surface area (Å²) in [5.74, 6) is 0.0345. The number of amides is 1. The van der Waals surface area contributed by atoms with E-state index in [0.717, 1.165) is 71.3 Å². The average Bonchev–Trinajstić information content (AvgIpc) is 3.17. The van der Waals surface area contributed by atoms with Gasteiger partial charge in [0.1, 0.15) is 0 Å². The molecular weight excluding hydrogens is 418 g/mol. The van der Waals surface area contributed by atoms with Crippen LogP contribution in [0.25, 0.3) is 10.2 Å². The number of morpholine rings is 1. The van der Waals surface area contributed by atoms with Crippen LogP contribution in [0.5, 0.6) is 0 Å². The Morgan fingerprint density at radius 2 is 1.93 bits per heavy atom. The Labute approximate surface area is 188 Å². The molecule has 7 heteroatoms. The molecule has 2 heterocycles. The molecule has 1 fully saturated rings. The molecule has 0 aliphatic carbocycles. The zero-order chi connectivity index (χ0) is 20.2. The van der Waals surface area contributed by atoms with Crippen LogP contribution in [0.4, 0.5) is 5.13 Å². The predicted molar refractivity (Wildman–Crippen MR) is 126 cm³/mol. The van der Waals surface area contributed by atoms with Gasteiger partial charge in [-0.15, -0.1) is 12.4 Å². The Morgan fingerprint density at radius 3 is 2.70 bits per heavy atom. The third-order valence-corrected chi connectivity index (χ3v) is 6.40. The normalized spacial score (nSPS) is 14.5. The van der Waals surface area contributed by atoms with E-state index in [1.165, 1.54) is 0 Å². The van der Waals surface area contributed by atoms with Crippen LogP contribution in [0.2, 0.25) is 0 Å². The second kappa shape index (κ2) is 10.4. The molecule has 1 aromatic heterocycles. The Balaban J connectivity index is 0.00000256. The van der Waals surface area contributed by atoms with E-state index in [2.05, 4.69) is 11.0 Å². The minimum absolute atomic E-state index is 0. The van der Waals surface area contributed by atoms with Gasteiger partial charge in [-0.2, -0.15) is 0 Å². The number of carbonyl (C=O) groups is 1. The van der Waals surface area contributed by atoms with Crippen LogP contribution in [-0.2, 0) is 4.74 Å². The van der Waals surface area contributed by atoms with Crippen LogP contribution < -0.4 is 4.90 Å². The highest BCUT2D eigenvalue weighted by molar-refractivity contribution is 7.22. The van der Waals surface area contributed by atoms with Crippen LogP contribution in [-0.4, -0.2) is 55.2 Å². The SMILES string of the molecule is Cc1ccc(C)c(C(=O)N(CCCN2CCOCC2)c2nc3ccccc3s2)c1.Cl. The molecule has 1 aliphatic heterocycles. The molecule has 2 aromatic carbocycles. The molecule has 160 valence electrons. The highest BCUT2D eigenvalue weighted by atomic mass is 35.5. The van der Waals surface area contributed by atoms with Gasteiger partial charge < -0.3 is 4.74 Å². The van der Waals surface area contributed by atoms with Crippen molar-refractivity contribution in [3.05, 3.63) is 59.2 Å². The Hall–Kier alpha value is -1.99. The van der Waals surface area contributed by atoms with Crippen molar-refractivity contribution < 1.29 is 9.53 Å². The first-order valence-electron chi connectivity index (χ1n) is 10.2. The molecule has 30 heavy (non-hydrogen) atoms. The van der Waals surface area contributed by atoms with Gasteiger partial charge in [0.15, 0.2) is 5.13 Å². The fourth-order valence-electron chi connectivity index (χ4n) is 3.65. The summed E-state index contributed by atoms with van der Waals surface area (Å²) in [6, 6.07) is 14.1. The van der Waals surface area contributed by atoms with Gasteiger partial charge in [-0.25, -0.2) is 4.98 Å². The quantitative estimate of drug-likeness (QED) is 0.551. The van der Waals surface area contributed by atoms with Gasteiger partial charge in [-0.3, -0.25) is 14.6 Å². The molecular formula is C23H28ClN3O2S. The number of thiazole rings is 1. The van der Waals surface area contributed by atoms with Gasteiger partial charge in [0.05, 0.1) is 23.4 Å². The monoisotopic (exact) mass is 445 g/mol. The lowest BCUT2D eigenvalue weighted by atomic mass is 10.0. The number of benzene rings is 2. The van der Waals surface area contributed by atoms with E-state index in [-0.39, 0.29) is 18.3 Å². The number of aromatic nitrogens is 1. The molecule has 1 aliphatic rings. The lowest BCUT2D eigenvalue weighted by Crippen LogP contribution is -2.39. The van der Waals surface area contributed by atoms with Gasteiger partial charge in [0.2, 0.25) is 0 Å². The number of nitrogens with zero attached hydrogens (tertiary/aromatic N) is 3. The second-order valence-corrected chi connectivity index (χ2v) is 8.56. The maximum absolute atomic E-state index is 13.5. The van der Waals surface area contributed by atoms with Gasteiger partial charge in [-0.05, 0) is 44.0 Å². The molecule has 0 atom stereocenters. The first kappa shape index (κ1) is 22.7. The summed E-state index contributed by atoms with van der Waals surface area (Å²) in [6.45, 7) is 9.16. The largest absolute Gasteiger partial charge is 0.379 e. The molecule has 3 aromatic rings. The van der Waals surface area contributed by atoms with Crippen LogP contribution in [0.15, 0.2) is 42.5 Å². The van der Waals surface area contributed by atoms with Crippen molar-refractivity contribution in [1.82, 2.24) is 9.88 Å². The number of carbonyl (C=O) groups excluding carboxylic acids is 1. The summed E-state index contributed by atoms with van der Waals surface area (Å²) in [5, 5.41) is 0.777. The highest BCUT2D eigenvalue weighted by Crippen LogP contribution is 2.30. The lowest BCUT2D eigenvalue weighted by Gasteiger charge is -2.28. The zero-order valence-electron chi connectivity index (χ0n) is 17.5. The van der Waals surface area contributed by atoms with Crippen LogP contribution in [0, 0.1) is 13.8 Å².